The van der Waals surface area contributed by atoms with Crippen LogP contribution in [0.4, 0.5) is 24.5 Å². The van der Waals surface area contributed by atoms with E-state index in [0.29, 0.717) is 5.02 Å². The molecule has 3 rings (SSSR count). The molecule has 174 valence electrons. The zero-order valence-corrected chi connectivity index (χ0v) is 18.7. The zero-order chi connectivity index (χ0) is 24.2. The molecule has 0 unspecified atom stereocenters. The number of hydrogen-bond acceptors (Lipinski definition) is 4. The number of alkyl halides is 3. The molecule has 0 atom stereocenters. The van der Waals surface area contributed by atoms with E-state index in [-0.39, 0.29) is 16.3 Å². The van der Waals surface area contributed by atoms with Crippen LogP contribution in [0.2, 0.25) is 5.02 Å². The van der Waals surface area contributed by atoms with E-state index in [1.165, 1.54) is 48.5 Å². The Morgan fingerprint density at radius 1 is 0.970 bits per heavy atom. The van der Waals surface area contributed by atoms with Crippen molar-refractivity contribution in [3.05, 3.63) is 83.4 Å². The topological polar surface area (TPSA) is 75.7 Å². The van der Waals surface area contributed by atoms with Gasteiger partial charge in [0, 0.05) is 10.7 Å². The Morgan fingerprint density at radius 2 is 1.55 bits per heavy atom. The van der Waals surface area contributed by atoms with Gasteiger partial charge in [0.1, 0.15) is 12.3 Å². The van der Waals surface area contributed by atoms with Crippen LogP contribution in [0.15, 0.2) is 77.7 Å². The lowest BCUT2D eigenvalue weighted by molar-refractivity contribution is -0.274. The lowest BCUT2D eigenvalue weighted by Crippen LogP contribution is -2.38. The summed E-state index contributed by atoms with van der Waals surface area (Å²) in [5.41, 5.74) is 1.24. The number of carbonyl (C=O) groups is 1. The van der Waals surface area contributed by atoms with Gasteiger partial charge >= 0.3 is 6.36 Å². The van der Waals surface area contributed by atoms with Crippen molar-refractivity contribution >= 4 is 38.9 Å². The molecule has 0 saturated carbocycles. The lowest BCUT2D eigenvalue weighted by Gasteiger charge is -2.24. The van der Waals surface area contributed by atoms with Crippen molar-refractivity contribution in [1.29, 1.82) is 0 Å². The van der Waals surface area contributed by atoms with Crippen LogP contribution in [0, 0.1) is 6.92 Å². The molecule has 6 nitrogen and oxygen atoms in total. The predicted octanol–water partition coefficient (Wildman–Crippen LogP) is 5.38. The molecule has 0 fully saturated rings. The summed E-state index contributed by atoms with van der Waals surface area (Å²) in [7, 11) is -4.11. The highest BCUT2D eigenvalue weighted by atomic mass is 35.5. The lowest BCUT2D eigenvalue weighted by atomic mass is 10.2. The zero-order valence-electron chi connectivity index (χ0n) is 17.1. The maximum absolute atomic E-state index is 13.3. The summed E-state index contributed by atoms with van der Waals surface area (Å²) in [6, 6.07) is 16.5. The maximum Gasteiger partial charge on any atom is 0.573 e. The smallest absolute Gasteiger partial charge is 0.406 e. The highest BCUT2D eigenvalue weighted by Crippen LogP contribution is 2.26. The van der Waals surface area contributed by atoms with Crippen molar-refractivity contribution in [2.45, 2.75) is 18.2 Å². The molecular formula is C22H18ClF3N2O4S. The second-order valence-corrected chi connectivity index (χ2v) is 9.22. The van der Waals surface area contributed by atoms with Crippen molar-refractivity contribution in [3.8, 4) is 5.75 Å². The fourth-order valence-corrected chi connectivity index (χ4v) is 4.38. The summed E-state index contributed by atoms with van der Waals surface area (Å²) in [5.74, 6) is -1.16. The maximum atomic E-state index is 13.3. The summed E-state index contributed by atoms with van der Waals surface area (Å²) in [6.45, 7) is 1.23. The molecule has 1 amide bonds. The van der Waals surface area contributed by atoms with E-state index in [9.17, 15) is 26.4 Å². The minimum absolute atomic E-state index is 0.00972. The molecule has 0 aliphatic rings. The van der Waals surface area contributed by atoms with Gasteiger partial charge in [-0.15, -0.1) is 13.2 Å². The molecule has 0 aromatic heterocycles. The first-order valence-corrected chi connectivity index (χ1v) is 11.3. The Hall–Kier alpha value is -3.24. The van der Waals surface area contributed by atoms with Crippen LogP contribution in [0.1, 0.15) is 5.56 Å². The molecule has 3 aromatic carbocycles. The average Bonchev–Trinajstić information content (AvgIpc) is 2.73. The van der Waals surface area contributed by atoms with Gasteiger partial charge in [-0.2, -0.15) is 0 Å². The third-order valence-electron chi connectivity index (χ3n) is 4.38. The summed E-state index contributed by atoms with van der Waals surface area (Å²) < 4.78 is 68.2. The van der Waals surface area contributed by atoms with E-state index >= 15 is 0 Å². The molecule has 0 heterocycles. The number of hydrogen-bond donors (Lipinski definition) is 1. The number of ether oxygens (including phenoxy) is 1. The van der Waals surface area contributed by atoms with Gasteiger partial charge in [0.15, 0.2) is 0 Å². The summed E-state index contributed by atoms with van der Waals surface area (Å²) in [4.78, 5) is 12.6. The average molecular weight is 499 g/mol. The first-order chi connectivity index (χ1) is 15.4. The molecule has 0 aliphatic carbocycles. The third kappa shape index (κ3) is 6.62. The molecule has 11 heteroatoms. The first kappa shape index (κ1) is 24.4. The van der Waals surface area contributed by atoms with Crippen LogP contribution in [-0.2, 0) is 14.8 Å². The molecule has 0 bridgehead atoms. The van der Waals surface area contributed by atoms with Gasteiger partial charge in [-0.05, 0) is 67.6 Å². The molecule has 0 radical (unpaired) electrons. The quantitative estimate of drug-likeness (QED) is 0.474. The van der Waals surface area contributed by atoms with Gasteiger partial charge in [0.2, 0.25) is 5.91 Å². The number of sulfonamides is 1. The third-order valence-corrected chi connectivity index (χ3v) is 6.42. The number of halogens is 4. The summed E-state index contributed by atoms with van der Waals surface area (Å²) >= 11 is 5.90. The van der Waals surface area contributed by atoms with Gasteiger partial charge in [-0.3, -0.25) is 9.10 Å². The SMILES string of the molecule is Cc1ccc(S(=O)(=O)N(CC(=O)Nc2ccc(OC(F)(F)F)cc2)c2ccc(Cl)cc2)cc1. The van der Waals surface area contributed by atoms with E-state index in [0.717, 1.165) is 22.0 Å². The van der Waals surface area contributed by atoms with Crippen LogP contribution in [0.5, 0.6) is 5.75 Å². The van der Waals surface area contributed by atoms with Crippen LogP contribution in [0.3, 0.4) is 0 Å². The highest BCUT2D eigenvalue weighted by Gasteiger charge is 2.31. The number of aryl methyl sites for hydroxylation is 1. The van der Waals surface area contributed by atoms with Crippen LogP contribution in [0.25, 0.3) is 0 Å². The minimum atomic E-state index is -4.84. The monoisotopic (exact) mass is 498 g/mol. The van der Waals surface area contributed by atoms with Crippen LogP contribution >= 0.6 is 11.6 Å². The number of nitrogens with zero attached hydrogens (tertiary/aromatic N) is 1. The second kappa shape index (κ2) is 9.72. The number of nitrogens with one attached hydrogen (secondary N) is 1. The molecule has 3 aromatic rings. The van der Waals surface area contributed by atoms with E-state index in [4.69, 9.17) is 11.6 Å². The number of amides is 1. The van der Waals surface area contributed by atoms with Gasteiger partial charge in [-0.25, -0.2) is 8.42 Å². The predicted molar refractivity (Wildman–Crippen MR) is 119 cm³/mol. The number of benzene rings is 3. The molecular weight excluding hydrogens is 481 g/mol. The summed E-state index contributed by atoms with van der Waals surface area (Å²) in [6.07, 6.45) is -4.84. The number of carbonyl (C=O) groups excluding carboxylic acids is 1. The molecule has 0 saturated heterocycles. The van der Waals surface area contributed by atoms with E-state index in [1.807, 2.05) is 6.92 Å². The van der Waals surface area contributed by atoms with Crippen molar-refractivity contribution in [3.63, 3.8) is 0 Å². The van der Waals surface area contributed by atoms with Crippen molar-refractivity contribution < 1.29 is 31.1 Å². The Bertz CT molecular complexity index is 1210. The van der Waals surface area contributed by atoms with E-state index < -0.39 is 34.6 Å². The Kier molecular flexibility index (Phi) is 7.19. The Labute approximate surface area is 193 Å². The van der Waals surface area contributed by atoms with Gasteiger partial charge in [0.05, 0.1) is 10.6 Å². The first-order valence-electron chi connectivity index (χ1n) is 9.45. The van der Waals surface area contributed by atoms with Crippen molar-refractivity contribution in [2.24, 2.45) is 0 Å². The molecule has 33 heavy (non-hydrogen) atoms. The van der Waals surface area contributed by atoms with Crippen LogP contribution < -0.4 is 14.4 Å². The normalized spacial score (nSPS) is 11.7. The fourth-order valence-electron chi connectivity index (χ4n) is 2.83. The minimum Gasteiger partial charge on any atom is -0.406 e. The highest BCUT2D eigenvalue weighted by molar-refractivity contribution is 7.92. The second-order valence-electron chi connectivity index (χ2n) is 6.92. The Morgan fingerprint density at radius 3 is 2.09 bits per heavy atom. The number of rotatable bonds is 7. The standard InChI is InChI=1S/C22H18ClF3N2O4S/c1-15-2-12-20(13-3-15)33(30,31)28(18-8-4-16(23)5-9-18)14-21(29)27-17-6-10-19(11-7-17)32-22(24,25)26/h2-13H,14H2,1H3,(H,27,29). The molecule has 1 N–H and O–H groups in total. The van der Waals surface area contributed by atoms with Crippen molar-refractivity contribution in [1.82, 2.24) is 0 Å². The Balaban J connectivity index is 1.83. The molecule has 0 aliphatic heterocycles. The molecule has 0 spiro atoms. The van der Waals surface area contributed by atoms with Gasteiger partial charge in [0.25, 0.3) is 10.0 Å². The number of anilines is 2. The van der Waals surface area contributed by atoms with Gasteiger partial charge < -0.3 is 10.1 Å². The largest absolute Gasteiger partial charge is 0.573 e. The van der Waals surface area contributed by atoms with E-state index in [2.05, 4.69) is 10.1 Å². The van der Waals surface area contributed by atoms with Gasteiger partial charge in [-0.1, -0.05) is 29.3 Å². The van der Waals surface area contributed by atoms with Crippen molar-refractivity contribution in [2.75, 3.05) is 16.2 Å². The van der Waals surface area contributed by atoms with E-state index in [1.54, 1.807) is 12.1 Å². The fraction of sp³-hybridized carbons (Fsp3) is 0.136. The van der Waals surface area contributed by atoms with Crippen LogP contribution in [-0.4, -0.2) is 27.2 Å². The summed E-state index contributed by atoms with van der Waals surface area (Å²) in [5, 5.41) is 2.85.